The number of likely N-dealkylation sites (tertiary alicyclic amines) is 2. The molecule has 0 unspecified atom stereocenters. The van der Waals surface area contributed by atoms with Gasteiger partial charge < -0.3 is 19.9 Å². The summed E-state index contributed by atoms with van der Waals surface area (Å²) in [5.74, 6) is -2.18. The monoisotopic (exact) mass is 471 g/mol. The Hall–Kier alpha value is -3.49. The van der Waals surface area contributed by atoms with Crippen molar-refractivity contribution in [3.63, 3.8) is 0 Å². The number of hydrogen-bond donors (Lipinski definition) is 1. The second kappa shape index (κ2) is 10.6. The summed E-state index contributed by atoms with van der Waals surface area (Å²) < 4.78 is 32.6. The van der Waals surface area contributed by atoms with Gasteiger partial charge in [-0.05, 0) is 49.9 Å². The van der Waals surface area contributed by atoms with Gasteiger partial charge in [-0.1, -0.05) is 6.07 Å². The van der Waals surface area contributed by atoms with Gasteiger partial charge in [0.05, 0.1) is 5.56 Å². The zero-order valence-corrected chi connectivity index (χ0v) is 18.8. The van der Waals surface area contributed by atoms with E-state index in [0.717, 1.165) is 38.1 Å². The molecule has 0 radical (unpaired) electrons. The average molecular weight is 472 g/mol. The topological polar surface area (TPSA) is 79.0 Å². The van der Waals surface area contributed by atoms with E-state index >= 15 is 0 Å². The van der Waals surface area contributed by atoms with Crippen LogP contribution >= 0.6 is 0 Å². The normalized spacial score (nSPS) is 16.4. The summed E-state index contributed by atoms with van der Waals surface area (Å²) in [5, 5.41) is 2.87. The fourth-order valence-electron chi connectivity index (χ4n) is 4.29. The van der Waals surface area contributed by atoms with Gasteiger partial charge in [0.1, 0.15) is 17.4 Å². The third kappa shape index (κ3) is 5.70. The summed E-state index contributed by atoms with van der Waals surface area (Å²) in [4.78, 5) is 40.7. The molecule has 0 aliphatic carbocycles. The van der Waals surface area contributed by atoms with Gasteiger partial charge in [-0.25, -0.2) is 8.78 Å². The van der Waals surface area contributed by atoms with Crippen LogP contribution < -0.4 is 10.1 Å². The Bertz CT molecular complexity index is 1060. The average Bonchev–Trinajstić information content (AvgIpc) is 3.38. The van der Waals surface area contributed by atoms with Crippen molar-refractivity contribution in [2.75, 3.05) is 38.1 Å². The van der Waals surface area contributed by atoms with E-state index in [4.69, 9.17) is 4.74 Å². The van der Waals surface area contributed by atoms with Crippen LogP contribution in [0.15, 0.2) is 42.5 Å². The Labute approximate surface area is 196 Å². The van der Waals surface area contributed by atoms with E-state index < -0.39 is 17.5 Å². The molecule has 0 saturated carbocycles. The van der Waals surface area contributed by atoms with Gasteiger partial charge in [0.15, 0.2) is 6.61 Å². The number of nitrogens with zero attached hydrogens (tertiary/aromatic N) is 2. The maximum atomic E-state index is 13.9. The zero-order chi connectivity index (χ0) is 24.1. The molecule has 2 heterocycles. The minimum absolute atomic E-state index is 0.0431. The Morgan fingerprint density at radius 3 is 2.38 bits per heavy atom. The third-order valence-corrected chi connectivity index (χ3v) is 6.24. The highest BCUT2D eigenvalue weighted by atomic mass is 19.1. The summed E-state index contributed by atoms with van der Waals surface area (Å²) in [6.07, 6.45) is 2.90. The lowest BCUT2D eigenvalue weighted by Crippen LogP contribution is -2.41. The lowest BCUT2D eigenvalue weighted by molar-refractivity contribution is -0.132. The van der Waals surface area contributed by atoms with Crippen molar-refractivity contribution in [2.24, 2.45) is 5.92 Å². The highest BCUT2D eigenvalue weighted by Gasteiger charge is 2.29. The molecular formula is C25H27F2N3O4. The smallest absolute Gasteiger partial charge is 0.260 e. The van der Waals surface area contributed by atoms with Crippen LogP contribution in [0.3, 0.4) is 0 Å². The van der Waals surface area contributed by atoms with Crippen molar-refractivity contribution in [2.45, 2.75) is 25.7 Å². The van der Waals surface area contributed by atoms with E-state index in [1.54, 1.807) is 29.2 Å². The number of piperidine rings is 1. The highest BCUT2D eigenvalue weighted by Crippen LogP contribution is 2.24. The molecule has 2 aromatic carbocycles. The number of carbonyl (C=O) groups is 3. The highest BCUT2D eigenvalue weighted by molar-refractivity contribution is 5.95. The Kier molecular flexibility index (Phi) is 7.40. The summed E-state index contributed by atoms with van der Waals surface area (Å²) in [6, 6.07) is 9.76. The van der Waals surface area contributed by atoms with Crippen LogP contribution in [-0.2, 0) is 9.59 Å². The van der Waals surface area contributed by atoms with Crippen LogP contribution in [0.2, 0.25) is 0 Å². The molecule has 2 aromatic rings. The standard InChI is InChI=1S/C25H27F2N3O4/c26-18-6-7-21(22(27)14-18)25(33)30-12-8-17(9-13-30)24(32)28-19-4-3-5-20(15-19)34-16-23(31)29-10-1-2-11-29/h3-7,14-15,17H,1-2,8-13,16H2,(H,28,32). The van der Waals surface area contributed by atoms with Gasteiger partial charge in [-0.3, -0.25) is 14.4 Å². The quantitative estimate of drug-likeness (QED) is 0.700. The van der Waals surface area contributed by atoms with Gasteiger partial charge in [-0.15, -0.1) is 0 Å². The molecule has 3 amide bonds. The second-order valence-electron chi connectivity index (χ2n) is 8.58. The first kappa shape index (κ1) is 23.7. The van der Waals surface area contributed by atoms with Crippen molar-refractivity contribution in [1.29, 1.82) is 0 Å². The van der Waals surface area contributed by atoms with Gasteiger partial charge >= 0.3 is 0 Å². The minimum Gasteiger partial charge on any atom is -0.484 e. The zero-order valence-electron chi connectivity index (χ0n) is 18.8. The van der Waals surface area contributed by atoms with E-state index in [1.807, 2.05) is 0 Å². The number of hydrogen-bond acceptors (Lipinski definition) is 4. The number of nitrogens with one attached hydrogen (secondary N) is 1. The minimum atomic E-state index is -0.894. The van der Waals surface area contributed by atoms with Crippen LogP contribution in [0.4, 0.5) is 14.5 Å². The first-order valence-corrected chi connectivity index (χ1v) is 11.5. The summed E-state index contributed by atoms with van der Waals surface area (Å²) in [6.45, 7) is 2.09. The third-order valence-electron chi connectivity index (χ3n) is 6.24. The van der Waals surface area contributed by atoms with Crippen molar-refractivity contribution >= 4 is 23.4 Å². The number of carbonyl (C=O) groups excluding carboxylic acids is 3. The van der Waals surface area contributed by atoms with Gasteiger partial charge in [-0.2, -0.15) is 0 Å². The first-order chi connectivity index (χ1) is 16.4. The molecule has 0 atom stereocenters. The summed E-state index contributed by atoms with van der Waals surface area (Å²) >= 11 is 0. The maximum absolute atomic E-state index is 13.9. The van der Waals surface area contributed by atoms with Crippen LogP contribution in [-0.4, -0.2) is 60.3 Å². The number of ether oxygens (including phenoxy) is 1. The van der Waals surface area contributed by atoms with Crippen LogP contribution in [0.1, 0.15) is 36.0 Å². The van der Waals surface area contributed by atoms with Gasteiger partial charge in [0.2, 0.25) is 5.91 Å². The molecule has 180 valence electrons. The SMILES string of the molecule is O=C(Nc1cccc(OCC(=O)N2CCCC2)c1)C1CCN(C(=O)c2ccc(F)cc2F)CC1. The van der Waals surface area contributed by atoms with E-state index in [9.17, 15) is 23.2 Å². The molecule has 1 N–H and O–H groups in total. The Morgan fingerprint density at radius 2 is 1.68 bits per heavy atom. The molecule has 4 rings (SSSR count). The largest absolute Gasteiger partial charge is 0.484 e. The van der Waals surface area contributed by atoms with Gasteiger partial charge in [0.25, 0.3) is 11.8 Å². The molecule has 7 nitrogen and oxygen atoms in total. The van der Waals surface area contributed by atoms with Crippen molar-refractivity contribution in [3.05, 3.63) is 59.7 Å². The van der Waals surface area contributed by atoms with Crippen molar-refractivity contribution in [3.8, 4) is 5.75 Å². The van der Waals surface area contributed by atoms with E-state index in [0.29, 0.717) is 43.4 Å². The van der Waals surface area contributed by atoms with E-state index in [2.05, 4.69) is 5.32 Å². The predicted molar refractivity (Wildman–Crippen MR) is 121 cm³/mol. The molecule has 2 saturated heterocycles. The Morgan fingerprint density at radius 1 is 0.941 bits per heavy atom. The first-order valence-electron chi connectivity index (χ1n) is 11.5. The number of halogens is 2. The Balaban J connectivity index is 1.27. The summed E-state index contributed by atoms with van der Waals surface area (Å²) in [7, 11) is 0. The van der Waals surface area contributed by atoms with E-state index in [-0.39, 0.29) is 29.9 Å². The molecule has 9 heteroatoms. The maximum Gasteiger partial charge on any atom is 0.260 e. The van der Waals surface area contributed by atoms with Crippen LogP contribution in [0.25, 0.3) is 0 Å². The van der Waals surface area contributed by atoms with Crippen molar-refractivity contribution < 1.29 is 27.9 Å². The fourth-order valence-corrected chi connectivity index (χ4v) is 4.29. The molecule has 2 aliphatic heterocycles. The molecular weight excluding hydrogens is 444 g/mol. The second-order valence-corrected chi connectivity index (χ2v) is 8.58. The molecule has 34 heavy (non-hydrogen) atoms. The van der Waals surface area contributed by atoms with Crippen LogP contribution in [0, 0.1) is 17.6 Å². The predicted octanol–water partition coefficient (Wildman–Crippen LogP) is 3.46. The molecule has 0 aromatic heterocycles. The molecule has 0 bridgehead atoms. The van der Waals surface area contributed by atoms with Gasteiger partial charge in [0, 0.05) is 49.9 Å². The lowest BCUT2D eigenvalue weighted by Gasteiger charge is -2.31. The lowest BCUT2D eigenvalue weighted by atomic mass is 9.95. The molecule has 2 fully saturated rings. The molecule has 2 aliphatic rings. The number of amides is 3. The number of benzene rings is 2. The van der Waals surface area contributed by atoms with Crippen LogP contribution in [0.5, 0.6) is 5.75 Å². The van der Waals surface area contributed by atoms with Crippen molar-refractivity contribution in [1.82, 2.24) is 9.80 Å². The summed E-state index contributed by atoms with van der Waals surface area (Å²) in [5.41, 5.74) is 0.382. The fraction of sp³-hybridized carbons (Fsp3) is 0.400. The van der Waals surface area contributed by atoms with E-state index in [1.165, 1.54) is 4.90 Å². The molecule has 0 spiro atoms. The number of rotatable bonds is 6. The number of anilines is 1.